The van der Waals surface area contributed by atoms with Crippen LogP contribution in [-0.4, -0.2) is 0 Å². The standard InChI is InChI=1S/6C2H2.6CH4.6H2/c6*1-2;;;;;;;;;;;;/h6*1-2H;6*1H4;6*1H/i;;;;;;6*1T;6*1+2T. The summed E-state index contributed by atoms with van der Waals surface area (Å²) in [5.41, 5.74) is 0. The molecule has 0 aliphatic rings. The van der Waals surface area contributed by atoms with Crippen LogP contribution >= 0.6 is 0 Å². The zero-order valence-electron chi connectivity index (χ0n) is 30.9. The predicted molar refractivity (Wildman–Crippen MR) is 112 cm³/mol. The van der Waals surface area contributed by atoms with E-state index in [1.807, 2.05) is 0 Å². The van der Waals surface area contributed by atoms with Crippen molar-refractivity contribution in [2.75, 3.05) is 0 Å². The van der Waals surface area contributed by atoms with E-state index in [2.05, 4.69) is 77.1 Å². The number of hydrogen-bond donors (Lipinski definition) is 0. The Hall–Kier alpha value is -2.64. The summed E-state index contributed by atoms with van der Waals surface area (Å²) < 4.78 is 94.5. The highest BCUT2D eigenvalue weighted by Gasteiger charge is 0.464. The van der Waals surface area contributed by atoms with Gasteiger partial charge in [0, 0.05) is 26.0 Å². The van der Waals surface area contributed by atoms with E-state index in [0.717, 1.165) is 0 Å². The van der Waals surface area contributed by atoms with Crippen LogP contribution in [0.1, 0.15) is 70.5 Å². The summed E-state index contributed by atoms with van der Waals surface area (Å²) in [5, 5.41) is 0. The molecule has 0 saturated heterocycles. The van der Waals surface area contributed by atoms with Crippen molar-refractivity contribution in [1.82, 2.24) is 0 Å². The molecule has 0 aromatic carbocycles. The molecule has 0 aromatic heterocycles. The van der Waals surface area contributed by atoms with Crippen LogP contribution in [0.15, 0.2) is 0 Å². The zero-order chi connectivity index (χ0) is 36.0. The first-order chi connectivity index (χ1) is 18.0. The van der Waals surface area contributed by atoms with Gasteiger partial charge in [-0.25, -0.2) is 0 Å². The van der Waals surface area contributed by atoms with Gasteiger partial charge in [-0.3, -0.25) is 0 Å². The Balaban J connectivity index is -0.00000000596. The van der Waals surface area contributed by atoms with Crippen molar-refractivity contribution >= 4 is 0 Å². The fourth-order valence-corrected chi connectivity index (χ4v) is 0. The topological polar surface area (TPSA) is 0 Å². The summed E-state index contributed by atoms with van der Waals surface area (Å²) >= 11 is 0. The van der Waals surface area contributed by atoms with E-state index < -0.39 is 0 Å². The fourth-order valence-electron chi connectivity index (χ4n) is 0. The van der Waals surface area contributed by atoms with Crippen molar-refractivity contribution in [1.29, 1.82) is 0 Å². The lowest BCUT2D eigenvalue weighted by atomic mass is 11.4. The number of rotatable bonds is 0. The van der Waals surface area contributed by atoms with Gasteiger partial charge in [-0.1, -0.05) is 44.4 Å². The Kier molecular flexibility index (Phi) is 274. The number of terminal acetylenes is 6. The Morgan fingerprint density at radius 3 is 0.389 bits per heavy atom. The van der Waals surface area contributed by atoms with Gasteiger partial charge in [-0.05, 0) is 0 Å². The Bertz CT molecular complexity index is 111. The molecular formula is C18H48. The van der Waals surface area contributed by atoms with Gasteiger partial charge in [0.25, 0.3) is 0 Å². The van der Waals surface area contributed by atoms with Gasteiger partial charge in [-0.2, -0.15) is 0 Å². The minimum Gasteiger partial charge on any atom is -0.124 e. The van der Waals surface area contributed by atoms with E-state index in [9.17, 15) is 0 Å². The normalized spacial score (nSPS) is 5.67. The third-order valence-electron chi connectivity index (χ3n) is 0. The van der Waals surface area contributed by atoms with Crippen LogP contribution in [0, 0.1) is 77.1 Å². The third kappa shape index (κ3) is 293. The highest BCUT2D eigenvalue weighted by molar-refractivity contribution is 4.48. The molecule has 0 heteroatoms. The molecule has 0 fully saturated rings. The highest BCUT2D eigenvalue weighted by Crippen LogP contribution is 0.589. The second-order valence-electron chi connectivity index (χ2n) is 0. The van der Waals surface area contributed by atoms with Crippen molar-refractivity contribution in [2.45, 2.75) is 44.4 Å². The van der Waals surface area contributed by atoms with E-state index in [0.29, 0.717) is 0 Å². The largest absolute Gasteiger partial charge is 0.124 e. The van der Waals surface area contributed by atoms with Gasteiger partial charge in [0.2, 0.25) is 0 Å². The molecule has 0 rings (SSSR count). The van der Waals surface area contributed by atoms with E-state index in [1.54, 1.807) is 0 Å². The molecule has 0 radical (unpaired) electrons. The van der Waals surface area contributed by atoms with Crippen LogP contribution in [0.3, 0.4) is 0 Å². The summed E-state index contributed by atoms with van der Waals surface area (Å²) in [6.07, 6.45) is 48.0. The summed E-state index contributed by atoms with van der Waals surface area (Å²) in [7, 11) is 7.50. The van der Waals surface area contributed by atoms with Crippen molar-refractivity contribution in [2.24, 2.45) is 0 Å². The lowest BCUT2D eigenvalue weighted by Crippen LogP contribution is -0.576. The van der Waals surface area contributed by atoms with Crippen LogP contribution in [-0.2, 0) is 0 Å². The van der Waals surface area contributed by atoms with Crippen LogP contribution in [0.2, 0.25) is 0 Å². The van der Waals surface area contributed by atoms with Crippen molar-refractivity contribution in [3.8, 4) is 77.1 Å². The Labute approximate surface area is 149 Å². The minimum atomic E-state index is 1.25. The van der Waals surface area contributed by atoms with Gasteiger partial charge in [0.15, 0.2) is 0 Å². The molecule has 0 aromatic rings. The van der Waals surface area contributed by atoms with Crippen LogP contribution in [0.4, 0.5) is 0 Å². The van der Waals surface area contributed by atoms with E-state index in [4.69, 9.17) is 26.0 Å². The zero-order valence-corrected chi connectivity index (χ0v) is 12.9. The molecule has 0 saturated carbocycles. The molecule has 0 aliphatic heterocycles. The fraction of sp³-hybridized carbons (Fsp3) is 0.333. The molecule has 120 valence electrons. The quantitative estimate of drug-likeness (QED) is 0.432. The second-order valence-corrected chi connectivity index (χ2v) is 0. The molecule has 0 nitrogen and oxygen atoms in total. The molecule has 0 unspecified atom stereocenters. The summed E-state index contributed by atoms with van der Waals surface area (Å²) in [5.74, 6) is 0. The van der Waals surface area contributed by atoms with Gasteiger partial charge >= 0.3 is 0 Å². The number of hydrogen-bond acceptors (Lipinski definition) is 0. The molecule has 0 atom stereocenters. The van der Waals surface area contributed by atoms with Gasteiger partial charge < -0.3 is 0 Å². The SMILES string of the molecule is C#C.C#C.C#C.C#C.C#C.C#C.[3H]C.[3H]C.[3H]C.[3H]C.[3H]C.[3H]C.[3H][3H].[3H][3H].[3H][3H].[3H][3H].[3H][3H].[3H][3H]. The first-order valence-electron chi connectivity index (χ1n) is 14.0. The van der Waals surface area contributed by atoms with Gasteiger partial charge in [0.1, 0.15) is 0 Å². The molecule has 0 aliphatic carbocycles. The summed E-state index contributed by atoms with van der Waals surface area (Å²) in [6, 6.07) is 0. The molecule has 0 bridgehead atoms. The molecule has 0 heterocycles. The van der Waals surface area contributed by atoms with Crippen LogP contribution < -0.4 is 0 Å². The molecular weight excluding hydrogens is 216 g/mol. The van der Waals surface area contributed by atoms with Gasteiger partial charge in [0.05, 0.1) is 0 Å². The van der Waals surface area contributed by atoms with Crippen molar-refractivity contribution in [3.05, 3.63) is 0 Å². The Morgan fingerprint density at radius 1 is 0.389 bits per heavy atom. The van der Waals surface area contributed by atoms with E-state index >= 15 is 0 Å². The van der Waals surface area contributed by atoms with E-state index in [-0.39, 0.29) is 0 Å². The Morgan fingerprint density at radius 2 is 0.389 bits per heavy atom. The van der Waals surface area contributed by atoms with E-state index in [1.165, 1.54) is 44.4 Å². The minimum absolute atomic E-state index is 1.25. The molecule has 0 spiro atoms. The average Bonchev–Trinajstić information content (AvgIpc) is 3.13. The lowest BCUT2D eigenvalue weighted by molar-refractivity contribution is 2.50. The maximum absolute atomic E-state index is 5.75. The average molecular weight is 301 g/mol. The molecule has 18 heavy (non-hydrogen) atoms. The van der Waals surface area contributed by atoms with Crippen LogP contribution in [0.5, 0.6) is 0 Å². The maximum atomic E-state index is 5.75. The second kappa shape index (κ2) is 368. The lowest BCUT2D eigenvalue weighted by Gasteiger charge is -0.701. The van der Waals surface area contributed by atoms with Gasteiger partial charge in [-0.15, -0.1) is 77.1 Å². The van der Waals surface area contributed by atoms with Crippen LogP contribution in [0.25, 0.3) is 0 Å². The maximum Gasteiger partial charge on any atom is 0.0194 e. The smallest absolute Gasteiger partial charge is 0.0194 e. The molecule has 0 N–H and O–H groups in total. The summed E-state index contributed by atoms with van der Waals surface area (Å²) in [6.45, 7) is 0. The van der Waals surface area contributed by atoms with Crippen molar-refractivity contribution < 1.29 is 26.0 Å². The van der Waals surface area contributed by atoms with Crippen molar-refractivity contribution in [3.63, 3.8) is 0 Å². The first-order valence-corrected chi connectivity index (χ1v) is 2.00. The summed E-state index contributed by atoms with van der Waals surface area (Å²) in [4.78, 5) is 0. The highest BCUT2D eigenvalue weighted by atomic mass is 12.6. The predicted octanol–water partition coefficient (Wildman–Crippen LogP) is 6.79. The molecule has 0 amide bonds. The first kappa shape index (κ1) is 13.4. The third-order valence-corrected chi connectivity index (χ3v) is 0. The monoisotopic (exact) mass is 301 g/mol.